The van der Waals surface area contributed by atoms with Gasteiger partial charge in [0.1, 0.15) is 0 Å². The maximum Gasteiger partial charge on any atom is 0.293 e. The van der Waals surface area contributed by atoms with Crippen molar-refractivity contribution in [1.29, 1.82) is 0 Å². The Kier molecular flexibility index (Phi) is 3.00. The topological polar surface area (TPSA) is 55.1 Å². The van der Waals surface area contributed by atoms with E-state index in [-0.39, 0.29) is 11.7 Å². The van der Waals surface area contributed by atoms with Gasteiger partial charge in [0.15, 0.2) is 6.39 Å². The number of rotatable bonds is 2. The Labute approximate surface area is 99.8 Å². The molecule has 0 aliphatic heterocycles. The van der Waals surface area contributed by atoms with Crippen LogP contribution in [0.2, 0.25) is 0 Å². The number of nitrogens with zero attached hydrogens (tertiary/aromatic N) is 1. The summed E-state index contributed by atoms with van der Waals surface area (Å²) in [5.41, 5.74) is 0.733. The van der Waals surface area contributed by atoms with E-state index >= 15 is 0 Å². The van der Waals surface area contributed by atoms with E-state index in [9.17, 15) is 4.79 Å². The molecule has 1 N–H and O–H groups in total. The number of hydrogen-bond acceptors (Lipinski definition) is 3. The van der Waals surface area contributed by atoms with E-state index in [1.54, 1.807) is 0 Å². The molecule has 0 spiro atoms. The molecule has 0 aliphatic carbocycles. The average Bonchev–Trinajstić information content (AvgIpc) is 2.74. The molecule has 0 atom stereocenters. The van der Waals surface area contributed by atoms with Gasteiger partial charge in [-0.3, -0.25) is 4.79 Å². The summed E-state index contributed by atoms with van der Waals surface area (Å²) in [6.07, 6.45) is 2.60. The summed E-state index contributed by atoms with van der Waals surface area (Å²) >= 11 is 2.20. The lowest BCUT2D eigenvalue weighted by molar-refractivity contribution is 0.0996. The van der Waals surface area contributed by atoms with Gasteiger partial charge in [0.05, 0.1) is 6.20 Å². The first-order valence-corrected chi connectivity index (χ1v) is 5.29. The Balaban J connectivity index is 2.09. The molecule has 1 aromatic carbocycles. The van der Waals surface area contributed by atoms with Crippen LogP contribution in [-0.2, 0) is 0 Å². The molecule has 1 aromatic heterocycles. The molecule has 0 bridgehead atoms. The molecule has 2 rings (SSSR count). The van der Waals surface area contributed by atoms with Gasteiger partial charge in [0.2, 0.25) is 5.76 Å². The Morgan fingerprint density at radius 2 is 2.07 bits per heavy atom. The molecule has 0 unspecified atom stereocenters. The van der Waals surface area contributed by atoms with Gasteiger partial charge in [-0.2, -0.15) is 0 Å². The van der Waals surface area contributed by atoms with E-state index in [2.05, 4.69) is 32.9 Å². The van der Waals surface area contributed by atoms with Crippen LogP contribution in [0.4, 0.5) is 5.69 Å². The SMILES string of the molecule is O=C(Nc1ccc(I)cc1)c1cnco1. The smallest absolute Gasteiger partial charge is 0.293 e. The molecular formula is C10H7IN2O2. The summed E-state index contributed by atoms with van der Waals surface area (Å²) in [6.45, 7) is 0. The number of carbonyl (C=O) groups excluding carboxylic acids is 1. The summed E-state index contributed by atoms with van der Waals surface area (Å²) in [7, 11) is 0. The highest BCUT2D eigenvalue weighted by atomic mass is 127. The van der Waals surface area contributed by atoms with Crippen molar-refractivity contribution in [3.05, 3.63) is 46.2 Å². The zero-order valence-corrected chi connectivity index (χ0v) is 9.76. The molecule has 0 saturated heterocycles. The lowest BCUT2D eigenvalue weighted by Crippen LogP contribution is -2.10. The second kappa shape index (κ2) is 4.43. The third kappa shape index (κ3) is 2.56. The Bertz CT molecular complexity index is 451. The third-order valence-corrected chi connectivity index (χ3v) is 2.48. The highest BCUT2D eigenvalue weighted by Crippen LogP contribution is 2.12. The van der Waals surface area contributed by atoms with Crippen LogP contribution in [0.15, 0.2) is 41.3 Å². The molecular weight excluding hydrogens is 307 g/mol. The minimum Gasteiger partial charge on any atom is -0.438 e. The van der Waals surface area contributed by atoms with Crippen molar-refractivity contribution in [2.45, 2.75) is 0 Å². The van der Waals surface area contributed by atoms with E-state index in [0.29, 0.717) is 0 Å². The van der Waals surface area contributed by atoms with Crippen molar-refractivity contribution in [3.8, 4) is 0 Å². The van der Waals surface area contributed by atoms with Crippen LogP contribution in [0.5, 0.6) is 0 Å². The first-order valence-electron chi connectivity index (χ1n) is 4.21. The van der Waals surface area contributed by atoms with Crippen LogP contribution in [0.1, 0.15) is 10.6 Å². The zero-order chi connectivity index (χ0) is 10.7. The molecule has 0 radical (unpaired) electrons. The predicted octanol–water partition coefficient (Wildman–Crippen LogP) is 2.53. The van der Waals surface area contributed by atoms with E-state index < -0.39 is 0 Å². The van der Waals surface area contributed by atoms with Gasteiger partial charge < -0.3 is 9.73 Å². The summed E-state index contributed by atoms with van der Waals surface area (Å²) in [5, 5.41) is 2.70. The highest BCUT2D eigenvalue weighted by Gasteiger charge is 2.08. The van der Waals surface area contributed by atoms with Gasteiger partial charge in [-0.15, -0.1) is 0 Å². The number of amides is 1. The Hall–Kier alpha value is -1.37. The van der Waals surface area contributed by atoms with Gasteiger partial charge in [-0.1, -0.05) is 0 Å². The number of oxazole rings is 1. The minimum atomic E-state index is -0.297. The normalized spacial score (nSPS) is 9.93. The Morgan fingerprint density at radius 1 is 1.33 bits per heavy atom. The molecule has 5 heteroatoms. The number of aromatic nitrogens is 1. The summed E-state index contributed by atoms with van der Waals surface area (Å²) in [5.74, 6) is -0.0951. The lowest BCUT2D eigenvalue weighted by Gasteiger charge is -2.01. The van der Waals surface area contributed by atoms with Crippen molar-refractivity contribution in [2.75, 3.05) is 5.32 Å². The van der Waals surface area contributed by atoms with Crippen molar-refractivity contribution < 1.29 is 9.21 Å². The summed E-state index contributed by atoms with van der Waals surface area (Å²) in [4.78, 5) is 15.2. The number of hydrogen-bond donors (Lipinski definition) is 1. The maximum absolute atomic E-state index is 11.5. The van der Waals surface area contributed by atoms with Crippen LogP contribution in [0.25, 0.3) is 0 Å². The van der Waals surface area contributed by atoms with E-state index in [0.717, 1.165) is 9.26 Å². The average molecular weight is 314 g/mol. The van der Waals surface area contributed by atoms with Gasteiger partial charge in [0, 0.05) is 9.26 Å². The van der Waals surface area contributed by atoms with Crippen molar-refractivity contribution in [2.24, 2.45) is 0 Å². The van der Waals surface area contributed by atoms with Crippen LogP contribution >= 0.6 is 22.6 Å². The number of carbonyl (C=O) groups is 1. The molecule has 1 amide bonds. The quantitative estimate of drug-likeness (QED) is 0.867. The van der Waals surface area contributed by atoms with Crippen LogP contribution in [0.3, 0.4) is 0 Å². The number of halogens is 1. The molecule has 4 nitrogen and oxygen atoms in total. The molecule has 0 aliphatic rings. The minimum absolute atomic E-state index is 0.202. The number of anilines is 1. The number of nitrogens with one attached hydrogen (secondary N) is 1. The summed E-state index contributed by atoms with van der Waals surface area (Å²) < 4.78 is 5.98. The first kappa shape index (κ1) is 10.2. The van der Waals surface area contributed by atoms with E-state index in [4.69, 9.17) is 4.42 Å². The van der Waals surface area contributed by atoms with Gasteiger partial charge in [-0.25, -0.2) is 4.98 Å². The Morgan fingerprint density at radius 3 is 2.67 bits per heavy atom. The lowest BCUT2D eigenvalue weighted by atomic mass is 10.3. The largest absolute Gasteiger partial charge is 0.438 e. The second-order valence-corrected chi connectivity index (χ2v) is 4.07. The summed E-state index contributed by atoms with van der Waals surface area (Å²) in [6, 6.07) is 7.49. The van der Waals surface area contributed by atoms with E-state index in [1.165, 1.54) is 12.6 Å². The predicted molar refractivity (Wildman–Crippen MR) is 63.6 cm³/mol. The maximum atomic E-state index is 11.5. The molecule has 0 fully saturated rings. The zero-order valence-electron chi connectivity index (χ0n) is 7.61. The fourth-order valence-electron chi connectivity index (χ4n) is 1.05. The van der Waals surface area contributed by atoms with Gasteiger partial charge >= 0.3 is 0 Å². The third-order valence-electron chi connectivity index (χ3n) is 1.76. The van der Waals surface area contributed by atoms with E-state index in [1.807, 2.05) is 24.3 Å². The van der Waals surface area contributed by atoms with Crippen LogP contribution in [-0.4, -0.2) is 10.9 Å². The molecule has 1 heterocycles. The monoisotopic (exact) mass is 314 g/mol. The highest BCUT2D eigenvalue weighted by molar-refractivity contribution is 14.1. The second-order valence-electron chi connectivity index (χ2n) is 2.83. The van der Waals surface area contributed by atoms with Crippen molar-refractivity contribution in [3.63, 3.8) is 0 Å². The van der Waals surface area contributed by atoms with Gasteiger partial charge in [-0.05, 0) is 46.9 Å². The molecule has 2 aromatic rings. The number of benzene rings is 1. The fraction of sp³-hybridized carbons (Fsp3) is 0. The molecule has 0 saturated carbocycles. The molecule has 15 heavy (non-hydrogen) atoms. The van der Waals surface area contributed by atoms with Crippen LogP contribution in [0, 0.1) is 3.57 Å². The standard InChI is InChI=1S/C10H7IN2O2/c11-7-1-3-8(4-2-7)13-10(14)9-5-12-6-15-9/h1-6H,(H,13,14). The fourth-order valence-corrected chi connectivity index (χ4v) is 1.41. The van der Waals surface area contributed by atoms with Crippen molar-refractivity contribution in [1.82, 2.24) is 4.98 Å². The molecule has 76 valence electrons. The van der Waals surface area contributed by atoms with Gasteiger partial charge in [0.25, 0.3) is 5.91 Å². The van der Waals surface area contributed by atoms with Crippen molar-refractivity contribution >= 4 is 34.2 Å². The first-order chi connectivity index (χ1) is 7.25. The van der Waals surface area contributed by atoms with Crippen LogP contribution < -0.4 is 5.32 Å².